The molecular formula is C25H41N5O7. The van der Waals surface area contributed by atoms with Gasteiger partial charge in [-0.05, 0) is 51.4 Å². The Balaban J connectivity index is 2.07. The Morgan fingerprint density at radius 2 is 1.59 bits per heavy atom. The number of carbonyl (C=O) groups is 6. The SMILES string of the molecule is CC(C)(C)OC(=O)CNC(=O)NC(C(=O)N1CCCC1C(=O)NC(CC1CC1)C(=O)C(N)=O)C(C)(C)C. The third-order valence-corrected chi connectivity index (χ3v) is 6.18. The van der Waals surface area contributed by atoms with Crippen molar-refractivity contribution in [1.29, 1.82) is 0 Å². The van der Waals surface area contributed by atoms with Crippen LogP contribution in [0.15, 0.2) is 0 Å². The molecule has 12 heteroatoms. The first kappa shape index (κ1) is 30.0. The Bertz CT molecular complexity index is 917. The van der Waals surface area contributed by atoms with Crippen LogP contribution in [-0.4, -0.2) is 77.2 Å². The van der Waals surface area contributed by atoms with Crippen LogP contribution in [0.4, 0.5) is 4.79 Å². The standard InChI is InChI=1S/C25H41N5O7/c1-24(2,3)19(29-23(36)27-13-17(31)37-25(4,5)6)22(35)30-11-7-8-16(30)21(34)28-15(12-14-9-10-14)18(32)20(26)33/h14-16,19H,7-13H2,1-6H3,(H2,26,33)(H,28,34)(H2,27,29,36). The zero-order valence-electron chi connectivity index (χ0n) is 22.6. The number of ketones is 1. The molecule has 2 aliphatic rings. The van der Waals surface area contributed by atoms with Crippen molar-refractivity contribution in [3.63, 3.8) is 0 Å². The fourth-order valence-electron chi connectivity index (χ4n) is 4.19. The quantitative estimate of drug-likeness (QED) is 0.236. The molecule has 1 heterocycles. The van der Waals surface area contributed by atoms with Gasteiger partial charge in [0.05, 0.1) is 6.04 Å². The molecule has 208 valence electrons. The Labute approximate surface area is 217 Å². The maximum absolute atomic E-state index is 13.6. The molecular weight excluding hydrogens is 482 g/mol. The zero-order valence-corrected chi connectivity index (χ0v) is 22.6. The maximum Gasteiger partial charge on any atom is 0.325 e. The van der Waals surface area contributed by atoms with Crippen molar-refractivity contribution < 1.29 is 33.5 Å². The van der Waals surface area contributed by atoms with Crippen LogP contribution in [0.2, 0.25) is 0 Å². The normalized spacial score (nSPS) is 19.4. The Kier molecular flexibility index (Phi) is 9.67. The fourth-order valence-corrected chi connectivity index (χ4v) is 4.19. The lowest BCUT2D eigenvalue weighted by molar-refractivity contribution is -0.153. The van der Waals surface area contributed by atoms with E-state index in [-0.39, 0.29) is 12.5 Å². The van der Waals surface area contributed by atoms with E-state index in [1.54, 1.807) is 41.5 Å². The molecule has 1 saturated heterocycles. The van der Waals surface area contributed by atoms with Gasteiger partial charge in [0.25, 0.3) is 5.91 Å². The van der Waals surface area contributed by atoms with Gasteiger partial charge < -0.3 is 31.3 Å². The largest absolute Gasteiger partial charge is 0.459 e. The third kappa shape index (κ3) is 9.32. The summed E-state index contributed by atoms with van der Waals surface area (Å²) in [6.45, 7) is 10.4. The number of urea groups is 1. The summed E-state index contributed by atoms with van der Waals surface area (Å²) in [6, 6.07) is -3.61. The Morgan fingerprint density at radius 3 is 2.11 bits per heavy atom. The second-order valence-corrected chi connectivity index (χ2v) is 11.9. The van der Waals surface area contributed by atoms with E-state index >= 15 is 0 Å². The molecule has 37 heavy (non-hydrogen) atoms. The number of Topliss-reactive ketones (excluding diaryl/α,β-unsaturated/α-hetero) is 1. The molecule has 1 aliphatic heterocycles. The zero-order chi connectivity index (χ0) is 28.1. The average molecular weight is 524 g/mol. The summed E-state index contributed by atoms with van der Waals surface area (Å²) < 4.78 is 5.17. The van der Waals surface area contributed by atoms with Crippen LogP contribution in [0.3, 0.4) is 0 Å². The first-order chi connectivity index (χ1) is 17.0. The van der Waals surface area contributed by atoms with Gasteiger partial charge in [-0.15, -0.1) is 0 Å². The van der Waals surface area contributed by atoms with E-state index in [0.717, 1.165) is 12.8 Å². The van der Waals surface area contributed by atoms with Crippen LogP contribution in [0, 0.1) is 11.3 Å². The molecule has 1 saturated carbocycles. The fraction of sp³-hybridized carbons (Fsp3) is 0.760. The summed E-state index contributed by atoms with van der Waals surface area (Å²) >= 11 is 0. The molecule has 5 N–H and O–H groups in total. The van der Waals surface area contributed by atoms with Crippen molar-refractivity contribution in [3.8, 4) is 0 Å². The molecule has 3 atom stereocenters. The molecule has 0 bridgehead atoms. The van der Waals surface area contributed by atoms with Crippen molar-refractivity contribution in [2.75, 3.05) is 13.1 Å². The number of nitrogens with two attached hydrogens (primary N) is 1. The number of nitrogens with zero attached hydrogens (tertiary/aromatic N) is 1. The monoisotopic (exact) mass is 523 g/mol. The Hall–Kier alpha value is -3.18. The van der Waals surface area contributed by atoms with Gasteiger partial charge in [0.1, 0.15) is 24.2 Å². The van der Waals surface area contributed by atoms with Gasteiger partial charge in [0.2, 0.25) is 17.6 Å². The smallest absolute Gasteiger partial charge is 0.325 e. The van der Waals surface area contributed by atoms with E-state index in [1.807, 2.05) is 0 Å². The summed E-state index contributed by atoms with van der Waals surface area (Å²) in [5.41, 5.74) is 3.74. The van der Waals surface area contributed by atoms with E-state index in [4.69, 9.17) is 10.5 Å². The summed E-state index contributed by atoms with van der Waals surface area (Å²) in [4.78, 5) is 76.3. The lowest BCUT2D eigenvalue weighted by Crippen LogP contribution is -2.60. The topological polar surface area (TPSA) is 177 Å². The van der Waals surface area contributed by atoms with E-state index in [9.17, 15) is 28.8 Å². The number of primary amides is 1. The minimum atomic E-state index is -1.11. The molecule has 0 spiro atoms. The van der Waals surface area contributed by atoms with Gasteiger partial charge in [-0.25, -0.2) is 4.79 Å². The summed E-state index contributed by atoms with van der Waals surface area (Å²) in [5.74, 6) is -3.33. The molecule has 1 aliphatic carbocycles. The first-order valence-electron chi connectivity index (χ1n) is 12.7. The molecule has 2 rings (SSSR count). The second kappa shape index (κ2) is 11.9. The van der Waals surface area contributed by atoms with E-state index in [2.05, 4.69) is 16.0 Å². The van der Waals surface area contributed by atoms with Crippen LogP contribution < -0.4 is 21.7 Å². The number of hydrogen-bond acceptors (Lipinski definition) is 7. The van der Waals surface area contributed by atoms with Crippen LogP contribution in [0.1, 0.15) is 73.6 Å². The summed E-state index contributed by atoms with van der Waals surface area (Å²) in [5, 5.41) is 7.66. The van der Waals surface area contributed by atoms with Crippen LogP contribution in [-0.2, 0) is 28.7 Å². The van der Waals surface area contributed by atoms with Crippen molar-refractivity contribution in [1.82, 2.24) is 20.9 Å². The lowest BCUT2D eigenvalue weighted by atomic mass is 9.85. The van der Waals surface area contributed by atoms with Gasteiger partial charge in [-0.3, -0.25) is 24.0 Å². The number of rotatable bonds is 10. The van der Waals surface area contributed by atoms with Gasteiger partial charge in [-0.1, -0.05) is 33.6 Å². The summed E-state index contributed by atoms with van der Waals surface area (Å²) in [7, 11) is 0. The number of esters is 1. The van der Waals surface area contributed by atoms with Crippen LogP contribution in [0.5, 0.6) is 0 Å². The highest BCUT2D eigenvalue weighted by Gasteiger charge is 2.43. The van der Waals surface area contributed by atoms with Crippen LogP contribution in [0.25, 0.3) is 0 Å². The lowest BCUT2D eigenvalue weighted by Gasteiger charge is -2.35. The first-order valence-corrected chi connectivity index (χ1v) is 12.7. The van der Waals surface area contributed by atoms with Gasteiger partial charge in [-0.2, -0.15) is 0 Å². The van der Waals surface area contributed by atoms with E-state index < -0.39 is 64.6 Å². The molecule has 0 aromatic carbocycles. The molecule has 0 aromatic heterocycles. The molecule has 3 unspecified atom stereocenters. The van der Waals surface area contributed by atoms with Gasteiger partial charge in [0.15, 0.2) is 0 Å². The van der Waals surface area contributed by atoms with Crippen LogP contribution >= 0.6 is 0 Å². The summed E-state index contributed by atoms with van der Waals surface area (Å²) in [6.07, 6.45) is 3.10. The highest BCUT2D eigenvalue weighted by molar-refractivity contribution is 6.37. The molecule has 0 aromatic rings. The molecule has 5 amide bonds. The Morgan fingerprint density at radius 1 is 0.973 bits per heavy atom. The minimum absolute atomic E-state index is 0.253. The average Bonchev–Trinajstić information content (AvgIpc) is 3.43. The highest BCUT2D eigenvalue weighted by Crippen LogP contribution is 2.34. The number of nitrogens with one attached hydrogen (secondary N) is 3. The van der Waals surface area contributed by atoms with E-state index in [0.29, 0.717) is 25.8 Å². The number of likely N-dealkylation sites (tertiary alicyclic amines) is 1. The van der Waals surface area contributed by atoms with Crippen molar-refractivity contribution in [2.24, 2.45) is 17.1 Å². The van der Waals surface area contributed by atoms with Gasteiger partial charge >= 0.3 is 12.0 Å². The number of ether oxygens (including phenoxy) is 1. The number of amides is 5. The minimum Gasteiger partial charge on any atom is -0.459 e. The van der Waals surface area contributed by atoms with E-state index in [1.165, 1.54) is 4.90 Å². The second-order valence-electron chi connectivity index (χ2n) is 11.9. The number of hydrogen-bond donors (Lipinski definition) is 4. The number of carbonyl (C=O) groups excluding carboxylic acids is 6. The van der Waals surface area contributed by atoms with Crippen molar-refractivity contribution >= 4 is 35.5 Å². The molecule has 12 nitrogen and oxygen atoms in total. The third-order valence-electron chi connectivity index (χ3n) is 6.18. The maximum atomic E-state index is 13.6. The molecule has 2 fully saturated rings. The molecule has 0 radical (unpaired) electrons. The van der Waals surface area contributed by atoms with Gasteiger partial charge in [0, 0.05) is 6.54 Å². The predicted molar refractivity (Wildman–Crippen MR) is 134 cm³/mol. The highest BCUT2D eigenvalue weighted by atomic mass is 16.6. The van der Waals surface area contributed by atoms with Crippen molar-refractivity contribution in [3.05, 3.63) is 0 Å². The predicted octanol–water partition coefficient (Wildman–Crippen LogP) is 0.372. The van der Waals surface area contributed by atoms with Crippen molar-refractivity contribution in [2.45, 2.75) is 97.4 Å².